The van der Waals surface area contributed by atoms with Gasteiger partial charge in [0.05, 0.1) is 11.4 Å². The number of hydrogen-bond donors (Lipinski definition) is 2. The van der Waals surface area contributed by atoms with Gasteiger partial charge in [-0.05, 0) is 56.6 Å². The van der Waals surface area contributed by atoms with E-state index in [1.54, 1.807) is 0 Å². The largest absolute Gasteiger partial charge is 0.397 e. The van der Waals surface area contributed by atoms with Gasteiger partial charge in [0.25, 0.3) is 0 Å². The Morgan fingerprint density at radius 2 is 1.63 bits per heavy atom. The molecule has 0 amide bonds. The van der Waals surface area contributed by atoms with E-state index in [2.05, 4.69) is 64.9 Å². The minimum absolute atomic E-state index is 0.542. The van der Waals surface area contributed by atoms with Crippen LogP contribution in [0.2, 0.25) is 0 Å². The first-order valence-corrected chi connectivity index (χ1v) is 11.4. The number of thioether (sulfide) groups is 1. The Hall–Kier alpha value is -0.870. The quantitative estimate of drug-likeness (QED) is 0.426. The van der Waals surface area contributed by atoms with Crippen LogP contribution in [0.4, 0.5) is 11.4 Å². The summed E-state index contributed by atoms with van der Waals surface area (Å²) in [6.07, 6.45) is 4.10. The maximum Gasteiger partial charge on any atom is 0.0572 e. The molecular formula is C23H47N3S. The van der Waals surface area contributed by atoms with Gasteiger partial charge in [-0.2, -0.15) is 0 Å². The van der Waals surface area contributed by atoms with Gasteiger partial charge in [0.1, 0.15) is 0 Å². The standard InChI is InChI=1S/C10H16N2S.C6H14.C5H11N.C2H6/c1-7(2)13-8-4-5-10(12-3)9(11)6-8;1-5-6(2,3)4;1-6-4-2-3-5-6;1-2/h4-7,12H,11H2,1-3H3;5H2,1-4H3;2-5H2,1H3;1-2H3. The second kappa shape index (κ2) is 16.1. The van der Waals surface area contributed by atoms with Crippen LogP contribution in [0, 0.1) is 5.41 Å². The van der Waals surface area contributed by atoms with E-state index in [0.29, 0.717) is 10.7 Å². The molecule has 0 unspecified atom stereocenters. The van der Waals surface area contributed by atoms with Crippen molar-refractivity contribution in [3.05, 3.63) is 18.2 Å². The topological polar surface area (TPSA) is 41.3 Å². The molecule has 1 saturated heterocycles. The zero-order chi connectivity index (χ0) is 21.5. The van der Waals surface area contributed by atoms with Gasteiger partial charge >= 0.3 is 0 Å². The lowest BCUT2D eigenvalue weighted by atomic mass is 9.94. The molecule has 2 rings (SSSR count). The molecule has 1 aromatic carbocycles. The van der Waals surface area contributed by atoms with Gasteiger partial charge in [0.2, 0.25) is 0 Å². The number of nitrogens with zero attached hydrogens (tertiary/aromatic N) is 1. The summed E-state index contributed by atoms with van der Waals surface area (Å²) in [5, 5.41) is 3.64. The van der Waals surface area contributed by atoms with Crippen LogP contribution in [0.15, 0.2) is 23.1 Å². The van der Waals surface area contributed by atoms with Gasteiger partial charge in [-0.1, -0.05) is 61.8 Å². The number of nitrogens with two attached hydrogens (primary N) is 1. The maximum absolute atomic E-state index is 5.83. The minimum Gasteiger partial charge on any atom is -0.397 e. The van der Waals surface area contributed by atoms with Crippen molar-refractivity contribution in [3.63, 3.8) is 0 Å². The van der Waals surface area contributed by atoms with Crippen molar-refractivity contribution in [1.29, 1.82) is 0 Å². The molecule has 27 heavy (non-hydrogen) atoms. The molecule has 1 heterocycles. The number of anilines is 2. The highest BCUT2D eigenvalue weighted by atomic mass is 32.2. The number of likely N-dealkylation sites (tertiary alicyclic amines) is 1. The first-order chi connectivity index (χ1) is 12.6. The average molecular weight is 398 g/mol. The molecule has 3 nitrogen and oxygen atoms in total. The van der Waals surface area contributed by atoms with E-state index in [-0.39, 0.29) is 0 Å². The third kappa shape index (κ3) is 17.0. The molecule has 0 radical (unpaired) electrons. The van der Waals surface area contributed by atoms with E-state index in [0.717, 1.165) is 11.4 Å². The lowest BCUT2D eigenvalue weighted by Crippen LogP contribution is -2.10. The van der Waals surface area contributed by atoms with Gasteiger partial charge in [-0.25, -0.2) is 0 Å². The fourth-order valence-corrected chi connectivity index (χ4v) is 2.88. The molecule has 4 heteroatoms. The van der Waals surface area contributed by atoms with Crippen LogP contribution in [0.3, 0.4) is 0 Å². The summed E-state index contributed by atoms with van der Waals surface area (Å²) >= 11 is 1.82. The molecule has 160 valence electrons. The predicted octanol–water partition coefficient (Wildman–Crippen LogP) is 6.99. The Morgan fingerprint density at radius 1 is 1.15 bits per heavy atom. The number of rotatable bonds is 3. The van der Waals surface area contributed by atoms with Crippen LogP contribution >= 0.6 is 11.8 Å². The third-order valence-corrected chi connectivity index (χ3v) is 5.05. The van der Waals surface area contributed by atoms with E-state index in [1.165, 1.54) is 37.2 Å². The van der Waals surface area contributed by atoms with Crippen LogP contribution in [-0.4, -0.2) is 37.3 Å². The molecule has 0 aliphatic carbocycles. The molecule has 3 N–H and O–H groups in total. The van der Waals surface area contributed by atoms with Gasteiger partial charge in [0.15, 0.2) is 0 Å². The summed E-state index contributed by atoms with van der Waals surface area (Å²) in [7, 11) is 4.05. The molecule has 0 bridgehead atoms. The van der Waals surface area contributed by atoms with Crippen molar-refractivity contribution in [2.75, 3.05) is 38.2 Å². The lowest BCUT2D eigenvalue weighted by molar-refractivity contribution is 0.398. The van der Waals surface area contributed by atoms with Crippen molar-refractivity contribution in [2.24, 2.45) is 5.41 Å². The van der Waals surface area contributed by atoms with Gasteiger partial charge in [0, 0.05) is 17.2 Å². The first kappa shape index (κ1) is 28.3. The summed E-state index contributed by atoms with van der Waals surface area (Å²) in [5.41, 5.74) is 8.18. The van der Waals surface area contributed by atoms with Crippen molar-refractivity contribution in [2.45, 2.75) is 84.8 Å². The smallest absolute Gasteiger partial charge is 0.0572 e. The second-order valence-electron chi connectivity index (χ2n) is 8.09. The van der Waals surface area contributed by atoms with E-state index in [4.69, 9.17) is 5.73 Å². The SMILES string of the molecule is CC.CCC(C)(C)C.CN1CCCC1.CNc1ccc(SC(C)C)cc1N. The summed E-state index contributed by atoms with van der Waals surface area (Å²) < 4.78 is 0. The molecule has 0 spiro atoms. The number of hydrogen-bond acceptors (Lipinski definition) is 4. The molecule has 1 aliphatic heterocycles. The summed E-state index contributed by atoms with van der Waals surface area (Å²) in [5.74, 6) is 0. The summed E-state index contributed by atoms with van der Waals surface area (Å²) in [6, 6.07) is 6.11. The minimum atomic E-state index is 0.542. The molecule has 1 fully saturated rings. The molecule has 1 aromatic rings. The second-order valence-corrected chi connectivity index (χ2v) is 9.74. The van der Waals surface area contributed by atoms with Crippen molar-refractivity contribution < 1.29 is 0 Å². The van der Waals surface area contributed by atoms with E-state index in [1.807, 2.05) is 44.8 Å². The highest BCUT2D eigenvalue weighted by Crippen LogP contribution is 2.28. The maximum atomic E-state index is 5.83. The van der Waals surface area contributed by atoms with E-state index in [9.17, 15) is 0 Å². The fourth-order valence-electron chi connectivity index (χ4n) is 1.99. The molecule has 0 atom stereocenters. The predicted molar refractivity (Wildman–Crippen MR) is 129 cm³/mol. The van der Waals surface area contributed by atoms with Crippen LogP contribution in [0.1, 0.15) is 74.7 Å². The monoisotopic (exact) mass is 397 g/mol. The van der Waals surface area contributed by atoms with E-state index < -0.39 is 0 Å². The number of nitrogen functional groups attached to an aromatic ring is 1. The molecule has 0 aromatic heterocycles. The van der Waals surface area contributed by atoms with Crippen molar-refractivity contribution in [1.82, 2.24) is 4.90 Å². The molecule has 1 aliphatic rings. The zero-order valence-electron chi connectivity index (χ0n) is 19.8. The van der Waals surface area contributed by atoms with Crippen LogP contribution in [0.5, 0.6) is 0 Å². The summed E-state index contributed by atoms with van der Waals surface area (Å²) in [6.45, 7) is 19.9. The highest BCUT2D eigenvalue weighted by Gasteiger charge is 2.04. The Morgan fingerprint density at radius 3 is 1.89 bits per heavy atom. The summed E-state index contributed by atoms with van der Waals surface area (Å²) in [4.78, 5) is 3.59. The average Bonchev–Trinajstić information content (AvgIpc) is 3.08. The van der Waals surface area contributed by atoms with Crippen LogP contribution < -0.4 is 11.1 Å². The zero-order valence-corrected chi connectivity index (χ0v) is 20.6. The molecular weight excluding hydrogens is 350 g/mol. The van der Waals surface area contributed by atoms with Gasteiger partial charge in [-0.15, -0.1) is 11.8 Å². The first-order valence-electron chi connectivity index (χ1n) is 10.5. The van der Waals surface area contributed by atoms with Gasteiger partial charge in [-0.3, -0.25) is 0 Å². The number of benzene rings is 1. The molecule has 0 saturated carbocycles. The Balaban J connectivity index is 0. The van der Waals surface area contributed by atoms with Gasteiger partial charge < -0.3 is 16.0 Å². The lowest BCUT2D eigenvalue weighted by Gasteiger charge is -2.12. The van der Waals surface area contributed by atoms with E-state index >= 15 is 0 Å². The Kier molecular flexibility index (Phi) is 16.9. The van der Waals surface area contributed by atoms with Crippen LogP contribution in [0.25, 0.3) is 0 Å². The van der Waals surface area contributed by atoms with Crippen LogP contribution in [-0.2, 0) is 0 Å². The third-order valence-electron chi connectivity index (χ3n) is 4.05. The Labute approximate surface area is 174 Å². The number of nitrogens with one attached hydrogen (secondary N) is 1. The van der Waals surface area contributed by atoms with Crippen molar-refractivity contribution in [3.8, 4) is 0 Å². The fraction of sp³-hybridized carbons (Fsp3) is 0.739. The normalized spacial score (nSPS) is 13.6. The highest BCUT2D eigenvalue weighted by molar-refractivity contribution is 7.99. The van der Waals surface area contributed by atoms with Crippen molar-refractivity contribution >= 4 is 23.1 Å². The Bertz CT molecular complexity index is 461.